The fourth-order valence-corrected chi connectivity index (χ4v) is 3.56. The van der Waals surface area contributed by atoms with Gasteiger partial charge in [-0.2, -0.15) is 0 Å². The Labute approximate surface area is 169 Å². The molecule has 0 radical (unpaired) electrons. The first-order valence-corrected chi connectivity index (χ1v) is 9.78. The lowest BCUT2D eigenvalue weighted by Crippen LogP contribution is -2.55. The number of amides is 2. The van der Waals surface area contributed by atoms with E-state index in [4.69, 9.17) is 18.9 Å². The molecule has 1 aromatic heterocycles. The number of nitrogens with zero attached hydrogens (tertiary/aromatic N) is 2. The van der Waals surface area contributed by atoms with Crippen LogP contribution in [0.5, 0.6) is 17.4 Å². The summed E-state index contributed by atoms with van der Waals surface area (Å²) in [6.07, 6.45) is 3.60. The number of anilines is 1. The number of pyridine rings is 1. The fourth-order valence-electron chi connectivity index (χ4n) is 3.56. The summed E-state index contributed by atoms with van der Waals surface area (Å²) >= 11 is 0. The van der Waals surface area contributed by atoms with Gasteiger partial charge in [0.15, 0.2) is 0 Å². The van der Waals surface area contributed by atoms with Crippen LogP contribution in [0, 0.1) is 0 Å². The average Bonchev–Trinajstić information content (AvgIpc) is 3.30. The summed E-state index contributed by atoms with van der Waals surface area (Å²) in [6.45, 7) is 2.33. The number of carbonyl (C=O) groups is 1. The molecule has 2 aliphatic heterocycles. The molecule has 3 heterocycles. The molecule has 0 aliphatic carbocycles. The molecule has 8 nitrogen and oxygen atoms in total. The summed E-state index contributed by atoms with van der Waals surface area (Å²) in [5.74, 6) is 1.85. The van der Waals surface area contributed by atoms with Crippen LogP contribution >= 0.6 is 0 Å². The maximum atomic E-state index is 12.8. The van der Waals surface area contributed by atoms with Crippen molar-refractivity contribution in [1.29, 1.82) is 0 Å². The lowest BCUT2D eigenvalue weighted by atomic mass is 10.1. The van der Waals surface area contributed by atoms with E-state index in [1.807, 2.05) is 12.1 Å². The molecule has 2 unspecified atom stereocenters. The molecule has 0 spiro atoms. The first-order chi connectivity index (χ1) is 14.2. The van der Waals surface area contributed by atoms with Crippen LogP contribution in [0.2, 0.25) is 0 Å². The predicted molar refractivity (Wildman–Crippen MR) is 107 cm³/mol. The van der Waals surface area contributed by atoms with Crippen molar-refractivity contribution in [1.82, 2.24) is 9.88 Å². The minimum Gasteiger partial charge on any atom is -0.497 e. The number of hydrogen-bond donors (Lipinski definition) is 1. The molecule has 1 aromatic carbocycles. The Balaban J connectivity index is 1.36. The molecule has 2 fully saturated rings. The molecule has 154 valence electrons. The van der Waals surface area contributed by atoms with Gasteiger partial charge >= 0.3 is 6.03 Å². The van der Waals surface area contributed by atoms with Gasteiger partial charge < -0.3 is 29.2 Å². The van der Waals surface area contributed by atoms with Crippen molar-refractivity contribution < 1.29 is 23.7 Å². The molecule has 2 atom stereocenters. The van der Waals surface area contributed by atoms with Crippen molar-refractivity contribution in [2.24, 2.45) is 0 Å². The van der Waals surface area contributed by atoms with Crippen LogP contribution in [0.3, 0.4) is 0 Å². The van der Waals surface area contributed by atoms with E-state index in [0.717, 1.165) is 25.2 Å². The standard InChI is InChI=1S/C21H25N3O5/c1-26-16-5-7-17(8-6-16)29-20-9-4-15(13-22-20)23-21(25)24-10-12-27-14-18(24)19-3-2-11-28-19/h4-9,13,18-19H,2-3,10-12,14H2,1H3,(H,23,25). The van der Waals surface area contributed by atoms with Crippen molar-refractivity contribution in [2.75, 3.05) is 38.8 Å². The van der Waals surface area contributed by atoms with E-state index in [-0.39, 0.29) is 18.2 Å². The largest absolute Gasteiger partial charge is 0.497 e. The van der Waals surface area contributed by atoms with Crippen LogP contribution in [-0.2, 0) is 9.47 Å². The number of rotatable bonds is 5. The Bertz CT molecular complexity index is 806. The second-order valence-corrected chi connectivity index (χ2v) is 6.98. The third-order valence-corrected chi connectivity index (χ3v) is 5.09. The van der Waals surface area contributed by atoms with Gasteiger partial charge in [-0.1, -0.05) is 0 Å². The van der Waals surface area contributed by atoms with E-state index in [0.29, 0.717) is 37.1 Å². The van der Waals surface area contributed by atoms with Crippen molar-refractivity contribution in [3.63, 3.8) is 0 Å². The summed E-state index contributed by atoms with van der Waals surface area (Å²) in [4.78, 5) is 18.9. The van der Waals surface area contributed by atoms with E-state index >= 15 is 0 Å². The van der Waals surface area contributed by atoms with Gasteiger partial charge in [0, 0.05) is 19.2 Å². The molecule has 4 rings (SSSR count). The third kappa shape index (κ3) is 4.78. The third-order valence-electron chi connectivity index (χ3n) is 5.09. The van der Waals surface area contributed by atoms with Crippen LogP contribution < -0.4 is 14.8 Å². The molecule has 1 N–H and O–H groups in total. The molecule has 0 saturated carbocycles. The number of nitrogens with one attached hydrogen (secondary N) is 1. The quantitative estimate of drug-likeness (QED) is 0.831. The summed E-state index contributed by atoms with van der Waals surface area (Å²) in [7, 11) is 1.62. The molecule has 2 saturated heterocycles. The van der Waals surface area contributed by atoms with E-state index in [1.165, 1.54) is 0 Å². The second kappa shape index (κ2) is 9.11. The summed E-state index contributed by atoms with van der Waals surface area (Å²) in [5, 5.41) is 2.91. The highest BCUT2D eigenvalue weighted by atomic mass is 16.5. The Kier molecular flexibility index (Phi) is 6.12. The van der Waals surface area contributed by atoms with E-state index in [1.54, 1.807) is 42.5 Å². The molecular formula is C21H25N3O5. The minimum absolute atomic E-state index is 0.0412. The van der Waals surface area contributed by atoms with Gasteiger partial charge in [-0.05, 0) is 43.2 Å². The van der Waals surface area contributed by atoms with Crippen LogP contribution in [0.1, 0.15) is 12.8 Å². The first kappa shape index (κ1) is 19.5. The Morgan fingerprint density at radius 3 is 2.69 bits per heavy atom. The van der Waals surface area contributed by atoms with Crippen molar-refractivity contribution >= 4 is 11.7 Å². The number of morpholine rings is 1. The van der Waals surface area contributed by atoms with Crippen molar-refractivity contribution in [3.05, 3.63) is 42.6 Å². The van der Waals surface area contributed by atoms with E-state index < -0.39 is 0 Å². The number of aromatic nitrogens is 1. The van der Waals surface area contributed by atoms with Gasteiger partial charge in [0.2, 0.25) is 5.88 Å². The molecular weight excluding hydrogens is 374 g/mol. The monoisotopic (exact) mass is 399 g/mol. The smallest absolute Gasteiger partial charge is 0.322 e. The van der Waals surface area contributed by atoms with Crippen LogP contribution in [0.4, 0.5) is 10.5 Å². The zero-order chi connectivity index (χ0) is 20.1. The lowest BCUT2D eigenvalue weighted by molar-refractivity contribution is -0.0452. The van der Waals surface area contributed by atoms with Gasteiger partial charge in [0.25, 0.3) is 0 Å². The molecule has 8 heteroatoms. The average molecular weight is 399 g/mol. The highest BCUT2D eigenvalue weighted by Crippen LogP contribution is 2.25. The van der Waals surface area contributed by atoms with Crippen molar-refractivity contribution in [3.8, 4) is 17.4 Å². The fraction of sp³-hybridized carbons (Fsp3) is 0.429. The molecule has 2 amide bonds. The number of carbonyl (C=O) groups excluding carboxylic acids is 1. The van der Waals surface area contributed by atoms with Gasteiger partial charge in [-0.3, -0.25) is 0 Å². The topological polar surface area (TPSA) is 82.2 Å². The maximum absolute atomic E-state index is 12.8. The van der Waals surface area contributed by atoms with Gasteiger partial charge in [0.05, 0.1) is 44.4 Å². The number of urea groups is 1. The van der Waals surface area contributed by atoms with Gasteiger partial charge in [0.1, 0.15) is 11.5 Å². The number of hydrogen-bond acceptors (Lipinski definition) is 6. The zero-order valence-corrected chi connectivity index (χ0v) is 16.4. The van der Waals surface area contributed by atoms with Crippen molar-refractivity contribution in [2.45, 2.75) is 25.0 Å². The summed E-state index contributed by atoms with van der Waals surface area (Å²) in [6, 6.07) is 10.5. The molecule has 2 aliphatic rings. The van der Waals surface area contributed by atoms with Crippen LogP contribution in [0.15, 0.2) is 42.6 Å². The van der Waals surface area contributed by atoms with Gasteiger partial charge in [-0.25, -0.2) is 9.78 Å². The number of ether oxygens (including phenoxy) is 4. The lowest BCUT2D eigenvalue weighted by Gasteiger charge is -2.38. The predicted octanol–water partition coefficient (Wildman–Crippen LogP) is 3.29. The Morgan fingerprint density at radius 1 is 1.17 bits per heavy atom. The van der Waals surface area contributed by atoms with E-state index in [2.05, 4.69) is 10.3 Å². The van der Waals surface area contributed by atoms with Gasteiger partial charge in [-0.15, -0.1) is 0 Å². The highest BCUT2D eigenvalue weighted by molar-refractivity contribution is 5.89. The van der Waals surface area contributed by atoms with E-state index in [9.17, 15) is 4.79 Å². The Hall–Kier alpha value is -2.84. The second-order valence-electron chi connectivity index (χ2n) is 6.98. The SMILES string of the molecule is COc1ccc(Oc2ccc(NC(=O)N3CCOCC3C3CCCO3)cn2)cc1. The first-order valence-electron chi connectivity index (χ1n) is 9.78. The summed E-state index contributed by atoms with van der Waals surface area (Å²) in [5.41, 5.74) is 0.606. The zero-order valence-electron chi connectivity index (χ0n) is 16.4. The Morgan fingerprint density at radius 2 is 2.00 bits per heavy atom. The molecule has 29 heavy (non-hydrogen) atoms. The number of methoxy groups -OCH3 is 1. The maximum Gasteiger partial charge on any atom is 0.322 e. The minimum atomic E-state index is -0.167. The summed E-state index contributed by atoms with van der Waals surface area (Å²) < 4.78 is 22.2. The molecule has 2 aromatic rings. The highest BCUT2D eigenvalue weighted by Gasteiger charge is 2.36. The van der Waals surface area contributed by atoms with Crippen LogP contribution in [0.25, 0.3) is 0 Å². The molecule has 0 bridgehead atoms. The normalized spacial score (nSPS) is 21.6. The van der Waals surface area contributed by atoms with Crippen LogP contribution in [-0.4, -0.2) is 61.5 Å². The number of benzene rings is 1.